The Kier molecular flexibility index (Phi) is 4.70. The highest BCUT2D eigenvalue weighted by Crippen LogP contribution is 2.26. The van der Waals surface area contributed by atoms with Gasteiger partial charge in [0.2, 0.25) is 5.95 Å². The van der Waals surface area contributed by atoms with Gasteiger partial charge in [-0.05, 0) is 36.1 Å². The molecule has 0 spiro atoms. The zero-order valence-electron chi connectivity index (χ0n) is 14.1. The van der Waals surface area contributed by atoms with Crippen LogP contribution in [0.4, 0.5) is 23.1 Å². The summed E-state index contributed by atoms with van der Waals surface area (Å²) in [6, 6.07) is 16.2. The Morgan fingerprint density at radius 2 is 1.58 bits per heavy atom. The van der Waals surface area contributed by atoms with Crippen molar-refractivity contribution in [3.63, 3.8) is 0 Å². The normalized spacial score (nSPS) is 10.7. The van der Waals surface area contributed by atoms with Crippen molar-refractivity contribution in [3.05, 3.63) is 65.9 Å². The molecule has 0 aliphatic carbocycles. The van der Waals surface area contributed by atoms with Crippen LogP contribution < -0.4 is 10.6 Å². The first-order chi connectivity index (χ1) is 11.6. The Morgan fingerprint density at radius 3 is 2.33 bits per heavy atom. The van der Waals surface area contributed by atoms with Gasteiger partial charge in [-0.1, -0.05) is 50.2 Å². The first-order valence-electron chi connectivity index (χ1n) is 8.02. The maximum Gasteiger partial charge on any atom is 0.249 e. The minimum atomic E-state index is 0.424. The standard InChI is InChI=1S/C19H21N5/c1-13(2)15-9-5-7-11-17(15)21-18-12-20-24-19(23-18)22-16-10-6-4-8-14(16)3/h4-13H,1-3H3,(H2,21,22,23,24). The highest BCUT2D eigenvalue weighted by atomic mass is 15.3. The van der Waals surface area contributed by atoms with Gasteiger partial charge < -0.3 is 10.6 Å². The van der Waals surface area contributed by atoms with E-state index in [1.165, 1.54) is 5.56 Å². The molecule has 5 heteroatoms. The second-order valence-electron chi connectivity index (χ2n) is 5.97. The van der Waals surface area contributed by atoms with Gasteiger partial charge in [0.1, 0.15) is 0 Å². The fraction of sp³-hybridized carbons (Fsp3) is 0.211. The van der Waals surface area contributed by atoms with Gasteiger partial charge in [-0.2, -0.15) is 10.1 Å². The Labute approximate surface area is 142 Å². The maximum atomic E-state index is 4.51. The minimum Gasteiger partial charge on any atom is -0.339 e. The smallest absolute Gasteiger partial charge is 0.249 e. The number of hydrogen-bond donors (Lipinski definition) is 2. The van der Waals surface area contributed by atoms with Gasteiger partial charge in [0.05, 0.1) is 6.20 Å². The molecule has 1 aromatic heterocycles. The fourth-order valence-electron chi connectivity index (χ4n) is 2.50. The molecule has 0 atom stereocenters. The first-order valence-corrected chi connectivity index (χ1v) is 8.02. The number of para-hydroxylation sites is 2. The van der Waals surface area contributed by atoms with Gasteiger partial charge in [-0.25, -0.2) is 0 Å². The van der Waals surface area contributed by atoms with E-state index < -0.39 is 0 Å². The minimum absolute atomic E-state index is 0.424. The van der Waals surface area contributed by atoms with Crippen LogP contribution in [0.1, 0.15) is 30.9 Å². The number of nitrogens with zero attached hydrogens (tertiary/aromatic N) is 3. The molecule has 0 saturated carbocycles. The van der Waals surface area contributed by atoms with Crippen LogP contribution in [0.5, 0.6) is 0 Å². The summed E-state index contributed by atoms with van der Waals surface area (Å²) in [4.78, 5) is 4.51. The van der Waals surface area contributed by atoms with Crippen LogP contribution in [-0.4, -0.2) is 15.2 Å². The molecule has 122 valence electrons. The predicted octanol–water partition coefficient (Wildman–Crippen LogP) is 4.79. The molecule has 0 aliphatic heterocycles. The molecular weight excluding hydrogens is 298 g/mol. The first kappa shape index (κ1) is 15.9. The van der Waals surface area contributed by atoms with E-state index in [1.54, 1.807) is 6.20 Å². The average molecular weight is 319 g/mol. The number of aryl methyl sites for hydroxylation is 1. The molecule has 5 nitrogen and oxygen atoms in total. The summed E-state index contributed by atoms with van der Waals surface area (Å²) >= 11 is 0. The Balaban J connectivity index is 1.83. The summed E-state index contributed by atoms with van der Waals surface area (Å²) in [6.07, 6.45) is 1.63. The molecule has 2 aromatic carbocycles. The van der Waals surface area contributed by atoms with Crippen molar-refractivity contribution in [3.8, 4) is 0 Å². The number of hydrogen-bond acceptors (Lipinski definition) is 5. The molecule has 0 radical (unpaired) electrons. The molecule has 0 aliphatic rings. The molecule has 0 amide bonds. The molecule has 0 fully saturated rings. The van der Waals surface area contributed by atoms with E-state index in [0.717, 1.165) is 16.9 Å². The lowest BCUT2D eigenvalue weighted by molar-refractivity contribution is 0.868. The van der Waals surface area contributed by atoms with E-state index in [0.29, 0.717) is 17.7 Å². The molecule has 0 bridgehead atoms. The largest absolute Gasteiger partial charge is 0.339 e. The summed E-state index contributed by atoms with van der Waals surface area (Å²) < 4.78 is 0. The molecule has 2 N–H and O–H groups in total. The summed E-state index contributed by atoms with van der Waals surface area (Å²) in [5.74, 6) is 1.55. The maximum absolute atomic E-state index is 4.51. The van der Waals surface area contributed by atoms with Gasteiger partial charge in [-0.15, -0.1) is 5.10 Å². The quantitative estimate of drug-likeness (QED) is 0.708. The van der Waals surface area contributed by atoms with Crippen LogP contribution in [0.2, 0.25) is 0 Å². The van der Waals surface area contributed by atoms with Gasteiger partial charge in [0, 0.05) is 11.4 Å². The third kappa shape index (κ3) is 3.68. The van der Waals surface area contributed by atoms with Gasteiger partial charge >= 0.3 is 0 Å². The highest BCUT2D eigenvalue weighted by molar-refractivity contribution is 5.63. The third-order valence-electron chi connectivity index (χ3n) is 3.80. The van der Waals surface area contributed by atoms with Crippen molar-refractivity contribution >= 4 is 23.1 Å². The SMILES string of the molecule is Cc1ccccc1Nc1nncc(Nc2ccccc2C(C)C)n1. The summed E-state index contributed by atoms with van der Waals surface area (Å²) in [6.45, 7) is 6.38. The van der Waals surface area contributed by atoms with Crippen molar-refractivity contribution in [2.45, 2.75) is 26.7 Å². The summed E-state index contributed by atoms with van der Waals surface area (Å²) in [5, 5.41) is 14.7. The molecule has 3 aromatic rings. The molecule has 0 unspecified atom stereocenters. The lowest BCUT2D eigenvalue weighted by Gasteiger charge is -2.14. The van der Waals surface area contributed by atoms with E-state index in [-0.39, 0.29) is 0 Å². The zero-order chi connectivity index (χ0) is 16.9. The second kappa shape index (κ2) is 7.08. The predicted molar refractivity (Wildman–Crippen MR) is 98.1 cm³/mol. The second-order valence-corrected chi connectivity index (χ2v) is 5.97. The number of rotatable bonds is 5. The van der Waals surface area contributed by atoms with Crippen molar-refractivity contribution < 1.29 is 0 Å². The Morgan fingerprint density at radius 1 is 0.875 bits per heavy atom. The zero-order valence-corrected chi connectivity index (χ0v) is 14.1. The molecule has 1 heterocycles. The van der Waals surface area contributed by atoms with Crippen molar-refractivity contribution in [1.82, 2.24) is 15.2 Å². The number of aromatic nitrogens is 3. The van der Waals surface area contributed by atoms with E-state index in [1.807, 2.05) is 49.4 Å². The van der Waals surface area contributed by atoms with Gasteiger partial charge in [0.25, 0.3) is 0 Å². The lowest BCUT2D eigenvalue weighted by atomic mass is 10.0. The van der Waals surface area contributed by atoms with Crippen LogP contribution in [0, 0.1) is 6.92 Å². The van der Waals surface area contributed by atoms with E-state index >= 15 is 0 Å². The van der Waals surface area contributed by atoms with Crippen molar-refractivity contribution in [2.75, 3.05) is 10.6 Å². The molecular formula is C19H21N5. The van der Waals surface area contributed by atoms with Crippen molar-refractivity contribution in [1.29, 1.82) is 0 Å². The van der Waals surface area contributed by atoms with Gasteiger partial charge in [-0.3, -0.25) is 0 Å². The number of anilines is 4. The number of nitrogens with one attached hydrogen (secondary N) is 2. The van der Waals surface area contributed by atoms with Gasteiger partial charge in [0.15, 0.2) is 5.82 Å². The van der Waals surface area contributed by atoms with Crippen LogP contribution >= 0.6 is 0 Å². The average Bonchev–Trinajstić information content (AvgIpc) is 2.58. The Hall–Kier alpha value is -2.95. The van der Waals surface area contributed by atoms with E-state index in [4.69, 9.17) is 0 Å². The monoisotopic (exact) mass is 319 g/mol. The highest BCUT2D eigenvalue weighted by Gasteiger charge is 2.08. The summed E-state index contributed by atoms with van der Waals surface area (Å²) in [7, 11) is 0. The van der Waals surface area contributed by atoms with E-state index in [9.17, 15) is 0 Å². The molecule has 0 saturated heterocycles. The van der Waals surface area contributed by atoms with Crippen LogP contribution in [0.3, 0.4) is 0 Å². The number of benzene rings is 2. The third-order valence-corrected chi connectivity index (χ3v) is 3.80. The van der Waals surface area contributed by atoms with Crippen LogP contribution in [0.15, 0.2) is 54.7 Å². The van der Waals surface area contributed by atoms with E-state index in [2.05, 4.69) is 45.7 Å². The fourth-order valence-corrected chi connectivity index (χ4v) is 2.50. The topological polar surface area (TPSA) is 62.7 Å². The summed E-state index contributed by atoms with van der Waals surface area (Å²) in [5.41, 5.74) is 4.38. The van der Waals surface area contributed by atoms with Crippen molar-refractivity contribution in [2.24, 2.45) is 0 Å². The van der Waals surface area contributed by atoms with Crippen LogP contribution in [0.25, 0.3) is 0 Å². The molecule has 24 heavy (non-hydrogen) atoms. The van der Waals surface area contributed by atoms with Crippen LogP contribution in [-0.2, 0) is 0 Å². The molecule has 3 rings (SSSR count). The Bertz CT molecular complexity index is 829. The lowest BCUT2D eigenvalue weighted by Crippen LogP contribution is -2.04.